The number of ether oxygens (including phenoxy) is 4. The first-order valence-electron chi connectivity index (χ1n) is 10.0. The average molecular weight is 436 g/mol. The predicted octanol–water partition coefficient (Wildman–Crippen LogP) is 5.04. The molecule has 0 N–H and O–H groups in total. The molecule has 0 fully saturated rings. The summed E-state index contributed by atoms with van der Waals surface area (Å²) in [6.45, 7) is 0.388. The third-order valence-corrected chi connectivity index (χ3v) is 5.85. The lowest BCUT2D eigenvalue weighted by Crippen LogP contribution is -2.23. The van der Waals surface area contributed by atoms with Crippen molar-refractivity contribution in [1.82, 2.24) is 0 Å². The van der Waals surface area contributed by atoms with Gasteiger partial charge in [-0.05, 0) is 35.6 Å². The Labute approximate surface area is 178 Å². The van der Waals surface area contributed by atoms with Crippen LogP contribution >= 0.6 is 0 Å². The molecule has 5 nitrogen and oxygen atoms in total. The van der Waals surface area contributed by atoms with E-state index < -0.39 is 12.3 Å². The minimum absolute atomic E-state index is 0.0698. The van der Waals surface area contributed by atoms with Gasteiger partial charge < -0.3 is 18.9 Å². The maximum atomic E-state index is 13.4. The summed E-state index contributed by atoms with van der Waals surface area (Å²) < 4.78 is 61.5. The molecular formula is C23H23F3O5. The summed E-state index contributed by atoms with van der Waals surface area (Å²) in [6, 6.07) is 10.3. The second-order valence-corrected chi connectivity index (χ2v) is 7.71. The molecule has 0 saturated carbocycles. The van der Waals surface area contributed by atoms with Gasteiger partial charge in [0, 0.05) is 24.7 Å². The van der Waals surface area contributed by atoms with Crippen molar-refractivity contribution >= 4 is 5.97 Å². The summed E-state index contributed by atoms with van der Waals surface area (Å²) >= 11 is 0. The number of alkyl halides is 3. The van der Waals surface area contributed by atoms with Crippen LogP contribution in [-0.2, 0) is 20.7 Å². The van der Waals surface area contributed by atoms with Gasteiger partial charge in [0.1, 0.15) is 17.6 Å². The second kappa shape index (κ2) is 8.42. The molecule has 4 rings (SSSR count). The summed E-state index contributed by atoms with van der Waals surface area (Å²) in [7, 11) is 2.42. The van der Waals surface area contributed by atoms with E-state index in [1.54, 1.807) is 24.3 Å². The van der Waals surface area contributed by atoms with Crippen LogP contribution in [0.4, 0.5) is 13.2 Å². The third-order valence-electron chi connectivity index (χ3n) is 5.85. The van der Waals surface area contributed by atoms with Crippen LogP contribution < -0.4 is 9.47 Å². The number of carbonyl (C=O) groups is 1. The molecule has 1 aliphatic carbocycles. The van der Waals surface area contributed by atoms with E-state index in [9.17, 15) is 18.0 Å². The lowest BCUT2D eigenvalue weighted by atomic mass is 9.97. The summed E-state index contributed by atoms with van der Waals surface area (Å²) in [5, 5.41) is 0. The van der Waals surface area contributed by atoms with Crippen molar-refractivity contribution in [2.24, 2.45) is 0 Å². The van der Waals surface area contributed by atoms with Crippen molar-refractivity contribution in [2.45, 2.75) is 43.6 Å². The van der Waals surface area contributed by atoms with Gasteiger partial charge in [0.15, 0.2) is 6.10 Å². The third kappa shape index (κ3) is 4.21. The highest BCUT2D eigenvalue weighted by Crippen LogP contribution is 2.44. The molecule has 166 valence electrons. The summed E-state index contributed by atoms with van der Waals surface area (Å²) in [4.78, 5) is 11.6. The van der Waals surface area contributed by atoms with Gasteiger partial charge in [-0.25, -0.2) is 0 Å². The number of fused-ring (bicyclic) bond motifs is 2. The Morgan fingerprint density at radius 2 is 2.00 bits per heavy atom. The Balaban J connectivity index is 1.53. The van der Waals surface area contributed by atoms with E-state index in [2.05, 4.69) is 0 Å². The number of benzene rings is 2. The zero-order chi connectivity index (χ0) is 22.2. The van der Waals surface area contributed by atoms with Crippen LogP contribution in [0.25, 0.3) is 0 Å². The van der Waals surface area contributed by atoms with Gasteiger partial charge in [-0.1, -0.05) is 24.3 Å². The molecule has 1 aliphatic heterocycles. The summed E-state index contributed by atoms with van der Waals surface area (Å²) in [5.41, 5.74) is 2.43. The predicted molar refractivity (Wildman–Crippen MR) is 105 cm³/mol. The lowest BCUT2D eigenvalue weighted by Gasteiger charge is -2.22. The fraction of sp³-hybridized carbons (Fsp3) is 0.435. The molecule has 2 aliphatic rings. The topological polar surface area (TPSA) is 54.0 Å². The van der Waals surface area contributed by atoms with Crippen LogP contribution in [0.1, 0.15) is 53.2 Å². The van der Waals surface area contributed by atoms with Crippen LogP contribution in [0, 0.1) is 0 Å². The van der Waals surface area contributed by atoms with Crippen molar-refractivity contribution in [2.75, 3.05) is 20.8 Å². The lowest BCUT2D eigenvalue weighted by molar-refractivity contribution is -0.216. The minimum atomic E-state index is -4.49. The number of halogens is 3. The molecule has 0 radical (unpaired) electrons. The first-order chi connectivity index (χ1) is 14.8. The number of methoxy groups -OCH3 is 2. The van der Waals surface area contributed by atoms with E-state index in [0.29, 0.717) is 36.5 Å². The van der Waals surface area contributed by atoms with Gasteiger partial charge in [-0.2, -0.15) is 13.2 Å². The van der Waals surface area contributed by atoms with E-state index in [4.69, 9.17) is 18.9 Å². The van der Waals surface area contributed by atoms with Crippen LogP contribution in [0.5, 0.6) is 11.5 Å². The van der Waals surface area contributed by atoms with Gasteiger partial charge in [0.05, 0.1) is 20.1 Å². The Morgan fingerprint density at radius 3 is 2.71 bits per heavy atom. The Morgan fingerprint density at radius 1 is 1.19 bits per heavy atom. The van der Waals surface area contributed by atoms with E-state index in [1.165, 1.54) is 13.2 Å². The largest absolute Gasteiger partial charge is 0.492 e. The molecule has 0 spiro atoms. The molecular weight excluding hydrogens is 413 g/mol. The van der Waals surface area contributed by atoms with Crippen molar-refractivity contribution < 1.29 is 36.9 Å². The van der Waals surface area contributed by atoms with E-state index in [1.807, 2.05) is 6.07 Å². The Bertz CT molecular complexity index is 972. The van der Waals surface area contributed by atoms with E-state index in [0.717, 1.165) is 18.2 Å². The summed E-state index contributed by atoms with van der Waals surface area (Å²) in [6.07, 6.45) is -5.51. The number of esters is 1. The van der Waals surface area contributed by atoms with E-state index >= 15 is 0 Å². The number of hydrogen-bond acceptors (Lipinski definition) is 5. The minimum Gasteiger partial charge on any atom is -0.492 e. The number of hydrogen-bond donors (Lipinski definition) is 0. The highest BCUT2D eigenvalue weighted by molar-refractivity contribution is 5.71. The molecule has 0 amide bonds. The smallest absolute Gasteiger partial charge is 0.418 e. The molecule has 1 unspecified atom stereocenters. The molecule has 3 atom stereocenters. The standard InChI is InChI=1S/C23H23F3O5/c1-28-21(27)10-13-12-30-20-11-14(6-7-15(13)20)31-19-9-8-16-17(19)4-3-5-18(16)22(29-2)23(24,25)26/h3-7,11,13,19,22H,8-10,12H2,1-2H3/t13?,19-,22-/m1/s1. The zero-order valence-electron chi connectivity index (χ0n) is 17.2. The molecule has 2 aromatic rings. The Hall–Kier alpha value is -2.74. The number of rotatable bonds is 6. The molecule has 8 heteroatoms. The normalized spacial score (nSPS) is 20.5. The van der Waals surface area contributed by atoms with Crippen LogP contribution in [-0.4, -0.2) is 33.0 Å². The van der Waals surface area contributed by atoms with Gasteiger partial charge in [-0.3, -0.25) is 4.79 Å². The SMILES string of the molecule is COC(=O)CC1COc2cc(O[C@@H]3CCc4c([C@@H](OC)C(F)(F)F)cccc43)ccc21. The number of carbonyl (C=O) groups excluding carboxylic acids is 1. The maximum absolute atomic E-state index is 13.4. The van der Waals surface area contributed by atoms with Crippen molar-refractivity contribution in [1.29, 1.82) is 0 Å². The van der Waals surface area contributed by atoms with E-state index in [-0.39, 0.29) is 30.0 Å². The summed E-state index contributed by atoms with van der Waals surface area (Å²) in [5.74, 6) is 0.850. The highest BCUT2D eigenvalue weighted by atomic mass is 19.4. The van der Waals surface area contributed by atoms with Crippen LogP contribution in [0.15, 0.2) is 36.4 Å². The van der Waals surface area contributed by atoms with Crippen LogP contribution in [0.3, 0.4) is 0 Å². The molecule has 31 heavy (non-hydrogen) atoms. The molecule has 1 heterocycles. The van der Waals surface area contributed by atoms with Crippen molar-refractivity contribution in [3.8, 4) is 11.5 Å². The van der Waals surface area contributed by atoms with Gasteiger partial charge in [0.25, 0.3) is 0 Å². The molecule has 2 aromatic carbocycles. The average Bonchev–Trinajstić information content (AvgIpc) is 3.32. The molecule has 0 bridgehead atoms. The first-order valence-corrected chi connectivity index (χ1v) is 10.0. The first kappa shape index (κ1) is 21.5. The fourth-order valence-corrected chi connectivity index (χ4v) is 4.40. The van der Waals surface area contributed by atoms with Gasteiger partial charge >= 0.3 is 12.1 Å². The second-order valence-electron chi connectivity index (χ2n) is 7.71. The van der Waals surface area contributed by atoms with Gasteiger partial charge in [-0.15, -0.1) is 0 Å². The quantitative estimate of drug-likeness (QED) is 0.594. The van der Waals surface area contributed by atoms with Crippen molar-refractivity contribution in [3.05, 3.63) is 58.7 Å². The Kier molecular flexibility index (Phi) is 5.83. The fourth-order valence-electron chi connectivity index (χ4n) is 4.40. The van der Waals surface area contributed by atoms with Crippen molar-refractivity contribution in [3.63, 3.8) is 0 Å². The monoisotopic (exact) mass is 436 g/mol. The van der Waals surface area contributed by atoms with Crippen LogP contribution in [0.2, 0.25) is 0 Å². The zero-order valence-corrected chi connectivity index (χ0v) is 17.2. The molecule has 0 saturated heterocycles. The highest BCUT2D eigenvalue weighted by Gasteiger charge is 2.43. The maximum Gasteiger partial charge on any atom is 0.418 e. The molecule has 0 aromatic heterocycles. The van der Waals surface area contributed by atoms with Gasteiger partial charge in [0.2, 0.25) is 0 Å².